The number of rotatable bonds is 3. The van der Waals surface area contributed by atoms with Crippen LogP contribution in [0.1, 0.15) is 57.8 Å². The van der Waals surface area contributed by atoms with E-state index in [2.05, 4.69) is 12.9 Å². The summed E-state index contributed by atoms with van der Waals surface area (Å²) in [5, 5.41) is 0. The molecule has 3 saturated heterocycles. The van der Waals surface area contributed by atoms with Crippen molar-refractivity contribution in [3.05, 3.63) is 0 Å². The Kier molecular flexibility index (Phi) is 9.09. The minimum absolute atomic E-state index is 0. The van der Waals surface area contributed by atoms with Crippen molar-refractivity contribution in [1.82, 2.24) is 12.9 Å². The van der Waals surface area contributed by atoms with Gasteiger partial charge in [-0.25, -0.2) is 0 Å². The van der Waals surface area contributed by atoms with Gasteiger partial charge in [-0.1, -0.05) is 32.2 Å². The molecule has 0 unspecified atom stereocenters. The Balaban J connectivity index is 0.00000110. The van der Waals surface area contributed by atoms with Gasteiger partial charge in [-0.05, 0) is 38.5 Å². The van der Waals surface area contributed by atoms with Crippen molar-refractivity contribution in [3.63, 3.8) is 0 Å². The van der Waals surface area contributed by atoms with Gasteiger partial charge in [0.1, 0.15) is 0 Å². The van der Waals surface area contributed by atoms with Crippen LogP contribution in [0.15, 0.2) is 0 Å². The third-order valence-corrected chi connectivity index (χ3v) is 7.12. The highest BCUT2D eigenvalue weighted by atomic mass is 32.2. The molecule has 0 aliphatic carbocycles. The van der Waals surface area contributed by atoms with Crippen molar-refractivity contribution in [1.29, 1.82) is 0 Å². The van der Waals surface area contributed by atoms with E-state index in [9.17, 15) is 0 Å². The lowest BCUT2D eigenvalue weighted by molar-refractivity contribution is -0.00000506. The second kappa shape index (κ2) is 9.98. The molecular formula is C15H31F2N3S. The van der Waals surface area contributed by atoms with Crippen LogP contribution in [-0.4, -0.2) is 52.2 Å². The highest BCUT2D eigenvalue weighted by Gasteiger charge is 2.44. The van der Waals surface area contributed by atoms with Gasteiger partial charge in [-0.3, -0.25) is 4.70 Å². The van der Waals surface area contributed by atoms with Gasteiger partial charge in [0.2, 0.25) is 0 Å². The van der Waals surface area contributed by atoms with Gasteiger partial charge in [0.15, 0.2) is 0 Å². The molecule has 3 aliphatic heterocycles. The summed E-state index contributed by atoms with van der Waals surface area (Å²) < 4.78 is 8.46. The van der Waals surface area contributed by atoms with Crippen LogP contribution in [-0.2, 0) is 11.5 Å². The van der Waals surface area contributed by atoms with Gasteiger partial charge >= 0.3 is 0 Å². The Hall–Kier alpha value is 0.0900. The van der Waals surface area contributed by atoms with E-state index in [1.54, 1.807) is 0 Å². The molecule has 3 aliphatic rings. The zero-order valence-electron chi connectivity index (χ0n) is 13.1. The van der Waals surface area contributed by atoms with E-state index in [-0.39, 0.29) is 9.41 Å². The number of hydrogen-bond acceptors (Lipinski definition) is 3. The molecule has 0 N–H and O–H groups in total. The number of hydrogen-bond donors (Lipinski definition) is 0. The Bertz CT molecular complexity index is 223. The summed E-state index contributed by atoms with van der Waals surface area (Å²) in [4.78, 5) is 0. The first-order valence-electron chi connectivity index (χ1n) is 8.45. The van der Waals surface area contributed by atoms with Crippen LogP contribution in [0, 0.1) is 0 Å². The molecule has 0 amide bonds. The van der Waals surface area contributed by atoms with Crippen LogP contribution in [0.2, 0.25) is 0 Å². The Morgan fingerprint density at radius 1 is 0.429 bits per heavy atom. The molecule has 0 saturated carbocycles. The highest BCUT2D eigenvalue weighted by Crippen LogP contribution is 2.27. The first-order chi connectivity index (χ1) is 9.45. The molecule has 0 radical (unpaired) electrons. The summed E-state index contributed by atoms with van der Waals surface area (Å²) in [6.07, 6.45) is 12.9. The fourth-order valence-corrected chi connectivity index (χ4v) is 6.31. The first kappa shape index (κ1) is 19.1. The first-order valence-corrected chi connectivity index (χ1v) is 9.54. The Morgan fingerprint density at radius 3 is 0.905 bits per heavy atom. The molecule has 126 valence electrons. The summed E-state index contributed by atoms with van der Waals surface area (Å²) in [6.45, 7) is 8.06. The molecule has 0 aromatic rings. The van der Waals surface area contributed by atoms with Crippen molar-refractivity contribution in [3.8, 4) is 0 Å². The smallest absolute Gasteiger partial charge is 0.268 e. The third kappa shape index (κ3) is 5.05. The number of halogens is 2. The predicted octanol–water partition coefficient (Wildman–Crippen LogP) is -0.0361. The van der Waals surface area contributed by atoms with Crippen LogP contribution in [0.25, 0.3) is 0 Å². The third-order valence-electron chi connectivity index (χ3n) is 4.64. The summed E-state index contributed by atoms with van der Waals surface area (Å²) in [5.41, 5.74) is 0. The Labute approximate surface area is 131 Å². The van der Waals surface area contributed by atoms with E-state index in [4.69, 9.17) is 0 Å². The lowest BCUT2D eigenvalue weighted by Gasteiger charge is -2.37. The minimum atomic E-state index is 0. The maximum absolute atomic E-state index is 2.82. The fraction of sp³-hybridized carbons (Fsp3) is 1.00. The molecule has 6 heteroatoms. The SMILES string of the molecule is C1CCN([S+](N2CCCCC2)N2CCCCC2)CC1.F.[F-]. The summed E-state index contributed by atoms with van der Waals surface area (Å²) in [7, 11) is 0. The largest absolute Gasteiger partial charge is 1.00 e. The normalized spacial score (nSPS) is 26.1. The second-order valence-electron chi connectivity index (χ2n) is 6.21. The zero-order valence-corrected chi connectivity index (χ0v) is 14.0. The van der Waals surface area contributed by atoms with E-state index in [0.717, 1.165) is 0 Å². The van der Waals surface area contributed by atoms with Gasteiger partial charge in [-0.2, -0.15) is 0 Å². The standard InChI is InChI=1S/C15H30N3S.2FH/c1-4-10-16(11-5-1)19(17-12-6-2-7-13-17)18-14-8-3-9-15-18;;/h1-15H2;2*1H/q+1;;/p-1. The van der Waals surface area contributed by atoms with Crippen LogP contribution in [0.4, 0.5) is 4.70 Å². The molecule has 21 heavy (non-hydrogen) atoms. The lowest BCUT2D eigenvalue weighted by Crippen LogP contribution is -3.00. The average molecular weight is 323 g/mol. The average Bonchev–Trinajstić information content (AvgIpc) is 2.51. The van der Waals surface area contributed by atoms with E-state index in [0.29, 0.717) is 11.5 Å². The summed E-state index contributed by atoms with van der Waals surface area (Å²) in [6, 6.07) is 0. The van der Waals surface area contributed by atoms with Gasteiger partial charge in [0.05, 0.1) is 0 Å². The zero-order chi connectivity index (χ0) is 12.9. The molecule has 0 aromatic carbocycles. The highest BCUT2D eigenvalue weighted by molar-refractivity contribution is 7.90. The van der Waals surface area contributed by atoms with Crippen LogP contribution in [0.5, 0.6) is 0 Å². The van der Waals surface area contributed by atoms with Gasteiger partial charge in [0, 0.05) is 39.3 Å². The number of nitrogens with zero attached hydrogens (tertiary/aromatic N) is 3. The van der Waals surface area contributed by atoms with Crippen molar-refractivity contribution >= 4 is 11.5 Å². The van der Waals surface area contributed by atoms with E-state index in [1.165, 1.54) is 97.1 Å². The van der Waals surface area contributed by atoms with Gasteiger partial charge in [0.25, 0.3) is 11.5 Å². The van der Waals surface area contributed by atoms with Crippen molar-refractivity contribution in [2.75, 3.05) is 39.3 Å². The van der Waals surface area contributed by atoms with E-state index < -0.39 is 0 Å². The molecule has 0 spiro atoms. The molecule has 3 nitrogen and oxygen atoms in total. The van der Waals surface area contributed by atoms with E-state index in [1.807, 2.05) is 0 Å². The van der Waals surface area contributed by atoms with E-state index >= 15 is 0 Å². The predicted molar refractivity (Wildman–Crippen MR) is 86.1 cm³/mol. The topological polar surface area (TPSA) is 9.72 Å². The molecule has 3 rings (SSSR count). The maximum atomic E-state index is 2.82. The number of piperidine rings is 3. The van der Waals surface area contributed by atoms with Gasteiger partial charge < -0.3 is 4.70 Å². The summed E-state index contributed by atoms with van der Waals surface area (Å²) in [5.74, 6) is 0. The van der Waals surface area contributed by atoms with Crippen molar-refractivity contribution < 1.29 is 9.41 Å². The monoisotopic (exact) mass is 323 g/mol. The van der Waals surface area contributed by atoms with Crippen molar-refractivity contribution in [2.45, 2.75) is 57.8 Å². The van der Waals surface area contributed by atoms with Crippen LogP contribution in [0.3, 0.4) is 0 Å². The minimum Gasteiger partial charge on any atom is -1.00 e. The quantitative estimate of drug-likeness (QED) is 0.675. The Morgan fingerprint density at radius 2 is 0.667 bits per heavy atom. The van der Waals surface area contributed by atoms with Crippen molar-refractivity contribution in [2.24, 2.45) is 0 Å². The lowest BCUT2D eigenvalue weighted by atomic mass is 10.2. The maximum Gasteiger partial charge on any atom is 0.268 e. The molecular weight excluding hydrogens is 292 g/mol. The molecule has 3 heterocycles. The molecule has 0 atom stereocenters. The second-order valence-corrected chi connectivity index (χ2v) is 8.25. The van der Waals surface area contributed by atoms with Crippen LogP contribution >= 0.6 is 0 Å². The van der Waals surface area contributed by atoms with Gasteiger partial charge in [-0.15, -0.1) is 0 Å². The molecule has 0 aromatic heterocycles. The summed E-state index contributed by atoms with van der Waals surface area (Å²) >= 11 is 0.316. The molecule has 3 fully saturated rings. The van der Waals surface area contributed by atoms with Crippen LogP contribution < -0.4 is 4.70 Å². The fourth-order valence-electron chi connectivity index (χ4n) is 3.57. The molecule has 0 bridgehead atoms.